The first kappa shape index (κ1) is 22.4. The molecule has 32 heavy (non-hydrogen) atoms. The first-order valence-electron chi connectivity index (χ1n) is 10.3. The quantitative estimate of drug-likeness (QED) is 0.446. The summed E-state index contributed by atoms with van der Waals surface area (Å²) in [5, 5.41) is 0. The van der Waals surface area contributed by atoms with Gasteiger partial charge in [-0.3, -0.25) is 0 Å². The number of benzene rings is 3. The average Bonchev–Trinajstić information content (AvgIpc) is 2.83. The van der Waals surface area contributed by atoms with Crippen molar-refractivity contribution >= 4 is 11.9 Å². The molecule has 0 aliphatic heterocycles. The minimum Gasteiger partial charge on any atom is -0.462 e. The molecular weight excluding hydrogens is 400 g/mol. The molecule has 0 saturated carbocycles. The topological polar surface area (TPSA) is 52.6 Å². The van der Waals surface area contributed by atoms with Gasteiger partial charge >= 0.3 is 11.9 Å². The lowest BCUT2D eigenvalue weighted by atomic mass is 9.97. The van der Waals surface area contributed by atoms with Gasteiger partial charge in [0.05, 0.1) is 24.3 Å². The molecule has 0 bridgehead atoms. The fraction of sp³-hybridized carbons (Fsp3) is 0.143. The molecule has 0 aromatic heterocycles. The van der Waals surface area contributed by atoms with Crippen molar-refractivity contribution in [3.63, 3.8) is 0 Å². The first-order chi connectivity index (χ1) is 15.6. The van der Waals surface area contributed by atoms with Crippen LogP contribution in [0.3, 0.4) is 0 Å². The summed E-state index contributed by atoms with van der Waals surface area (Å²) in [6, 6.07) is 21.9. The summed E-state index contributed by atoms with van der Waals surface area (Å²) in [7, 11) is 0. The fourth-order valence-electron chi connectivity index (χ4n) is 2.88. The maximum atomic E-state index is 12.7. The number of rotatable bonds is 4. The molecule has 3 aromatic rings. The zero-order valence-corrected chi connectivity index (χ0v) is 18.0. The second-order valence-electron chi connectivity index (χ2n) is 6.62. The van der Waals surface area contributed by atoms with E-state index in [-0.39, 0.29) is 24.3 Å². The van der Waals surface area contributed by atoms with Crippen LogP contribution in [0.2, 0.25) is 0 Å². The number of carbonyl (C=O) groups excluding carboxylic acids is 2. The summed E-state index contributed by atoms with van der Waals surface area (Å²) in [4.78, 5) is 25.3. The van der Waals surface area contributed by atoms with Gasteiger partial charge in [0.2, 0.25) is 0 Å². The lowest BCUT2D eigenvalue weighted by Crippen LogP contribution is -2.12. The van der Waals surface area contributed by atoms with Crippen molar-refractivity contribution in [2.45, 2.75) is 13.8 Å². The number of esters is 2. The highest BCUT2D eigenvalue weighted by atomic mass is 16.5. The third-order valence-electron chi connectivity index (χ3n) is 4.38. The van der Waals surface area contributed by atoms with Gasteiger partial charge < -0.3 is 9.47 Å². The minimum absolute atomic E-state index is 0.217. The monoisotopic (exact) mass is 422 g/mol. The predicted molar refractivity (Wildman–Crippen MR) is 123 cm³/mol. The van der Waals surface area contributed by atoms with E-state index >= 15 is 0 Å². The predicted octanol–water partition coefficient (Wildman–Crippen LogP) is 4.84. The molecule has 0 atom stereocenters. The van der Waals surface area contributed by atoms with Gasteiger partial charge in [0.15, 0.2) is 0 Å². The molecule has 0 aliphatic carbocycles. The van der Waals surface area contributed by atoms with E-state index in [2.05, 4.69) is 23.7 Å². The third-order valence-corrected chi connectivity index (χ3v) is 4.38. The number of hydrogen-bond acceptors (Lipinski definition) is 4. The van der Waals surface area contributed by atoms with E-state index in [1.807, 2.05) is 60.7 Å². The van der Waals surface area contributed by atoms with Crippen LogP contribution in [0.15, 0.2) is 72.8 Å². The average molecular weight is 422 g/mol. The molecule has 4 heteroatoms. The van der Waals surface area contributed by atoms with Crippen LogP contribution < -0.4 is 0 Å². The van der Waals surface area contributed by atoms with Gasteiger partial charge in [0, 0.05) is 22.3 Å². The Balaban J connectivity index is 2.16. The van der Waals surface area contributed by atoms with Crippen molar-refractivity contribution in [2.75, 3.05) is 13.2 Å². The number of hydrogen-bond donors (Lipinski definition) is 0. The van der Waals surface area contributed by atoms with Gasteiger partial charge in [-0.15, -0.1) is 0 Å². The maximum Gasteiger partial charge on any atom is 0.339 e. The molecule has 0 saturated heterocycles. The summed E-state index contributed by atoms with van der Waals surface area (Å²) >= 11 is 0. The maximum absolute atomic E-state index is 12.7. The minimum atomic E-state index is -0.525. The van der Waals surface area contributed by atoms with Crippen LogP contribution in [-0.2, 0) is 9.47 Å². The second kappa shape index (κ2) is 11.2. The summed E-state index contributed by atoms with van der Waals surface area (Å²) in [6.45, 7) is 3.90. The van der Waals surface area contributed by atoms with Crippen molar-refractivity contribution in [1.82, 2.24) is 0 Å². The Morgan fingerprint density at radius 2 is 1.00 bits per heavy atom. The normalized spacial score (nSPS) is 9.56. The highest BCUT2D eigenvalue weighted by Gasteiger charge is 2.19. The largest absolute Gasteiger partial charge is 0.462 e. The Hall–Kier alpha value is -4.28. The molecule has 0 heterocycles. The van der Waals surface area contributed by atoms with E-state index < -0.39 is 11.9 Å². The number of ether oxygens (including phenoxy) is 2. The first-order valence-corrected chi connectivity index (χ1v) is 10.3. The summed E-state index contributed by atoms with van der Waals surface area (Å²) < 4.78 is 10.4. The van der Waals surface area contributed by atoms with E-state index in [9.17, 15) is 9.59 Å². The standard InChI is InChI=1S/C28H22O4/c1-3-31-27(29)25-19-24(18-16-22-13-9-6-10-14-22)26(28(30)32-4-2)20-23(25)17-15-21-11-7-5-8-12-21/h5-14,19-20H,3-4H2,1-2H3. The van der Waals surface area contributed by atoms with Gasteiger partial charge in [-0.25, -0.2) is 9.59 Å². The lowest BCUT2D eigenvalue weighted by molar-refractivity contribution is 0.0511. The summed E-state index contributed by atoms with van der Waals surface area (Å²) in [6.07, 6.45) is 0. The zero-order chi connectivity index (χ0) is 22.8. The smallest absolute Gasteiger partial charge is 0.339 e. The van der Waals surface area contributed by atoms with Gasteiger partial charge in [-0.2, -0.15) is 0 Å². The van der Waals surface area contributed by atoms with E-state index in [4.69, 9.17) is 9.47 Å². The Morgan fingerprint density at radius 1 is 0.625 bits per heavy atom. The SMILES string of the molecule is CCOC(=O)c1cc(C#Cc2ccccc2)c(C(=O)OCC)cc1C#Cc1ccccc1. The molecule has 158 valence electrons. The molecule has 0 spiro atoms. The Labute approximate surface area is 188 Å². The van der Waals surface area contributed by atoms with Gasteiger partial charge in [0.1, 0.15) is 0 Å². The molecule has 0 amide bonds. The van der Waals surface area contributed by atoms with Gasteiger partial charge in [-0.05, 0) is 50.2 Å². The van der Waals surface area contributed by atoms with Crippen LogP contribution in [0.1, 0.15) is 56.8 Å². The summed E-state index contributed by atoms with van der Waals surface area (Å²) in [5.74, 6) is 11.0. The highest BCUT2D eigenvalue weighted by molar-refractivity contribution is 5.98. The van der Waals surface area contributed by atoms with Gasteiger partial charge in [0.25, 0.3) is 0 Å². The van der Waals surface area contributed by atoms with E-state index in [1.165, 1.54) is 0 Å². The van der Waals surface area contributed by atoms with Crippen LogP contribution in [0.5, 0.6) is 0 Å². The van der Waals surface area contributed by atoms with E-state index in [1.54, 1.807) is 26.0 Å². The second-order valence-corrected chi connectivity index (χ2v) is 6.62. The lowest BCUT2D eigenvalue weighted by Gasteiger charge is -2.10. The molecule has 0 fully saturated rings. The Kier molecular flexibility index (Phi) is 7.84. The van der Waals surface area contributed by atoms with Crippen molar-refractivity contribution in [1.29, 1.82) is 0 Å². The molecule has 0 unspecified atom stereocenters. The van der Waals surface area contributed by atoms with Crippen molar-refractivity contribution in [3.8, 4) is 23.7 Å². The number of carbonyl (C=O) groups is 2. The van der Waals surface area contributed by atoms with Gasteiger partial charge in [-0.1, -0.05) is 60.1 Å². The molecule has 3 aromatic carbocycles. The molecule has 0 radical (unpaired) electrons. The van der Waals surface area contributed by atoms with Crippen molar-refractivity contribution < 1.29 is 19.1 Å². The molecule has 3 rings (SSSR count). The van der Waals surface area contributed by atoms with Crippen LogP contribution in [-0.4, -0.2) is 25.2 Å². The fourth-order valence-corrected chi connectivity index (χ4v) is 2.88. The van der Waals surface area contributed by atoms with Crippen LogP contribution in [0, 0.1) is 23.7 Å². The van der Waals surface area contributed by atoms with Crippen molar-refractivity contribution in [2.24, 2.45) is 0 Å². The Morgan fingerprint density at radius 3 is 1.34 bits per heavy atom. The zero-order valence-electron chi connectivity index (χ0n) is 18.0. The van der Waals surface area contributed by atoms with E-state index in [0.29, 0.717) is 11.1 Å². The van der Waals surface area contributed by atoms with Crippen LogP contribution in [0.25, 0.3) is 0 Å². The van der Waals surface area contributed by atoms with E-state index in [0.717, 1.165) is 11.1 Å². The third kappa shape index (κ3) is 5.88. The summed E-state index contributed by atoms with van der Waals surface area (Å²) in [5.41, 5.74) is 2.82. The molecular formula is C28H22O4. The van der Waals surface area contributed by atoms with Crippen molar-refractivity contribution in [3.05, 3.63) is 106 Å². The Bertz CT molecular complexity index is 1120. The molecule has 4 nitrogen and oxygen atoms in total. The molecule has 0 aliphatic rings. The highest BCUT2D eigenvalue weighted by Crippen LogP contribution is 2.19. The van der Waals surface area contributed by atoms with Crippen LogP contribution in [0.4, 0.5) is 0 Å². The molecule has 0 N–H and O–H groups in total. The van der Waals surface area contributed by atoms with Crippen LogP contribution >= 0.6 is 0 Å².